The number of carbonyl (C=O) groups is 1. The van der Waals surface area contributed by atoms with E-state index >= 15 is 0 Å². The van der Waals surface area contributed by atoms with Crippen LogP contribution < -0.4 is 0 Å². The quantitative estimate of drug-likeness (QED) is 0.579. The average molecular weight is 235 g/mol. The molecule has 1 aliphatic rings. The number of hydrogen-bond acceptors (Lipinski definition) is 4. The Morgan fingerprint density at radius 2 is 2.24 bits per heavy atom. The maximum absolute atomic E-state index is 11.9. The van der Waals surface area contributed by atoms with Crippen molar-refractivity contribution in [2.24, 2.45) is 7.05 Å². The lowest BCUT2D eigenvalue weighted by molar-refractivity contribution is -0.385. The minimum Gasteiger partial charge on any atom is -0.294 e. The number of Topliss-reactive ketones (excluding diaryl/α,β-unsaturated/α-hetero) is 1. The van der Waals surface area contributed by atoms with Gasteiger partial charge in [0.2, 0.25) is 0 Å². The third-order valence-corrected chi connectivity index (χ3v) is 2.88. The summed E-state index contributed by atoms with van der Waals surface area (Å²) in [5, 5.41) is 14.7. The van der Waals surface area contributed by atoms with Crippen molar-refractivity contribution < 1.29 is 9.72 Å². The molecule has 0 atom stereocenters. The molecule has 1 aromatic heterocycles. The van der Waals surface area contributed by atoms with Gasteiger partial charge in [-0.15, -0.1) is 0 Å². The van der Waals surface area contributed by atoms with Crippen molar-refractivity contribution in [2.75, 3.05) is 0 Å². The van der Waals surface area contributed by atoms with Crippen molar-refractivity contribution in [1.29, 1.82) is 0 Å². The zero-order valence-corrected chi connectivity index (χ0v) is 9.55. The van der Waals surface area contributed by atoms with Crippen molar-refractivity contribution in [1.82, 2.24) is 9.78 Å². The van der Waals surface area contributed by atoms with Gasteiger partial charge in [-0.2, -0.15) is 5.10 Å². The standard InChI is InChI=1S/C11H13N3O3/c1-13-11(9(7-12-13)14(16)17)8-5-3-2-4-6-10(8)15/h5,7H,2-4,6H2,1H3. The molecular weight excluding hydrogens is 222 g/mol. The summed E-state index contributed by atoms with van der Waals surface area (Å²) in [5.41, 5.74) is 0.658. The fourth-order valence-corrected chi connectivity index (χ4v) is 2.03. The van der Waals surface area contributed by atoms with E-state index in [0.29, 0.717) is 17.7 Å². The van der Waals surface area contributed by atoms with Gasteiger partial charge in [-0.1, -0.05) is 6.08 Å². The predicted octanol–water partition coefficient (Wildman–Crippen LogP) is 1.85. The van der Waals surface area contributed by atoms with Gasteiger partial charge < -0.3 is 0 Å². The lowest BCUT2D eigenvalue weighted by Crippen LogP contribution is -2.07. The molecule has 0 fully saturated rings. The third-order valence-electron chi connectivity index (χ3n) is 2.88. The molecule has 0 saturated heterocycles. The highest BCUT2D eigenvalue weighted by atomic mass is 16.6. The molecule has 17 heavy (non-hydrogen) atoms. The van der Waals surface area contributed by atoms with Crippen LogP contribution in [0.15, 0.2) is 12.3 Å². The molecule has 0 saturated carbocycles. The van der Waals surface area contributed by atoms with Gasteiger partial charge in [-0.05, 0) is 19.3 Å². The fraction of sp³-hybridized carbons (Fsp3) is 0.455. The summed E-state index contributed by atoms with van der Waals surface area (Å²) in [6.45, 7) is 0. The van der Waals surface area contributed by atoms with Crippen LogP contribution in [0.5, 0.6) is 0 Å². The summed E-state index contributed by atoms with van der Waals surface area (Å²) in [6, 6.07) is 0. The number of nitrogens with zero attached hydrogens (tertiary/aromatic N) is 3. The fourth-order valence-electron chi connectivity index (χ4n) is 2.03. The Hall–Kier alpha value is -1.98. The van der Waals surface area contributed by atoms with Crippen LogP contribution in [0.3, 0.4) is 0 Å². The molecule has 1 heterocycles. The van der Waals surface area contributed by atoms with Crippen LogP contribution in [0, 0.1) is 10.1 Å². The van der Waals surface area contributed by atoms with Crippen molar-refractivity contribution in [3.63, 3.8) is 0 Å². The summed E-state index contributed by atoms with van der Waals surface area (Å²) in [4.78, 5) is 22.3. The molecule has 0 aliphatic heterocycles. The van der Waals surface area contributed by atoms with E-state index in [1.54, 1.807) is 13.1 Å². The topological polar surface area (TPSA) is 78.0 Å². The maximum Gasteiger partial charge on any atom is 0.315 e. The Morgan fingerprint density at radius 3 is 2.94 bits per heavy atom. The summed E-state index contributed by atoms with van der Waals surface area (Å²) in [7, 11) is 1.61. The van der Waals surface area contributed by atoms with E-state index in [4.69, 9.17) is 0 Å². The molecule has 1 aromatic rings. The molecule has 0 spiro atoms. The van der Waals surface area contributed by atoms with Crippen molar-refractivity contribution >= 4 is 17.0 Å². The number of nitro groups is 1. The average Bonchev–Trinajstić information content (AvgIpc) is 2.52. The number of carbonyl (C=O) groups excluding carboxylic acids is 1. The Bertz CT molecular complexity index is 502. The molecule has 1 aliphatic carbocycles. The van der Waals surface area contributed by atoms with Gasteiger partial charge in [-0.3, -0.25) is 19.6 Å². The first-order valence-corrected chi connectivity index (χ1v) is 5.51. The number of aryl methyl sites for hydroxylation is 1. The van der Waals surface area contributed by atoms with Gasteiger partial charge in [0, 0.05) is 19.0 Å². The number of aromatic nitrogens is 2. The summed E-state index contributed by atoms with van der Waals surface area (Å²) in [5.74, 6) is -0.0331. The van der Waals surface area contributed by atoms with Crippen LogP contribution >= 0.6 is 0 Å². The highest BCUT2D eigenvalue weighted by molar-refractivity contribution is 6.21. The minimum absolute atomic E-state index is 0.0331. The van der Waals surface area contributed by atoms with E-state index in [2.05, 4.69) is 5.10 Å². The molecule has 2 rings (SSSR count). The Balaban J connectivity index is 2.51. The predicted molar refractivity (Wildman–Crippen MR) is 61.3 cm³/mol. The van der Waals surface area contributed by atoms with Gasteiger partial charge >= 0.3 is 5.69 Å². The smallest absolute Gasteiger partial charge is 0.294 e. The lowest BCUT2D eigenvalue weighted by atomic mass is 10.0. The van der Waals surface area contributed by atoms with Gasteiger partial charge in [-0.25, -0.2) is 0 Å². The third kappa shape index (κ3) is 2.11. The molecular formula is C11H13N3O3. The van der Waals surface area contributed by atoms with Crippen LogP contribution in [0.1, 0.15) is 31.4 Å². The molecule has 6 heteroatoms. The zero-order valence-electron chi connectivity index (χ0n) is 9.55. The first kappa shape index (κ1) is 11.5. The van der Waals surface area contributed by atoms with Gasteiger partial charge in [0.05, 0.1) is 4.92 Å². The molecule has 0 aromatic carbocycles. The largest absolute Gasteiger partial charge is 0.315 e. The summed E-state index contributed by atoms with van der Waals surface area (Å²) in [6.07, 6.45) is 6.00. The van der Waals surface area contributed by atoms with Crippen molar-refractivity contribution in [3.05, 3.63) is 28.1 Å². The molecule has 0 amide bonds. The van der Waals surface area contributed by atoms with Crippen LogP contribution in [-0.4, -0.2) is 20.5 Å². The Kier molecular flexibility index (Phi) is 3.03. The van der Waals surface area contributed by atoms with E-state index in [0.717, 1.165) is 19.3 Å². The second-order valence-electron chi connectivity index (χ2n) is 4.05. The van der Waals surface area contributed by atoms with E-state index < -0.39 is 4.92 Å². The summed E-state index contributed by atoms with van der Waals surface area (Å²) < 4.78 is 1.40. The van der Waals surface area contributed by atoms with Gasteiger partial charge in [0.15, 0.2) is 5.78 Å². The van der Waals surface area contributed by atoms with Crippen LogP contribution in [0.2, 0.25) is 0 Å². The number of ketones is 1. The first-order valence-electron chi connectivity index (χ1n) is 5.51. The Morgan fingerprint density at radius 1 is 1.47 bits per heavy atom. The molecule has 0 unspecified atom stereocenters. The number of hydrogen-bond donors (Lipinski definition) is 0. The zero-order chi connectivity index (χ0) is 12.4. The van der Waals surface area contributed by atoms with Gasteiger partial charge in [0.25, 0.3) is 0 Å². The highest BCUT2D eigenvalue weighted by Gasteiger charge is 2.26. The van der Waals surface area contributed by atoms with Crippen molar-refractivity contribution in [2.45, 2.75) is 25.7 Å². The highest BCUT2D eigenvalue weighted by Crippen LogP contribution is 2.29. The molecule has 0 bridgehead atoms. The van der Waals surface area contributed by atoms with Crippen molar-refractivity contribution in [3.8, 4) is 0 Å². The second-order valence-corrected chi connectivity index (χ2v) is 4.05. The van der Waals surface area contributed by atoms with Crippen LogP contribution in [0.4, 0.5) is 5.69 Å². The molecule has 0 N–H and O–H groups in total. The van der Waals surface area contributed by atoms with E-state index in [1.807, 2.05) is 0 Å². The van der Waals surface area contributed by atoms with E-state index in [-0.39, 0.29) is 11.5 Å². The summed E-state index contributed by atoms with van der Waals surface area (Å²) >= 11 is 0. The normalized spacial score (nSPS) is 16.5. The molecule has 0 radical (unpaired) electrons. The first-order chi connectivity index (χ1) is 8.11. The maximum atomic E-state index is 11.9. The lowest BCUT2D eigenvalue weighted by Gasteiger charge is -2.04. The number of rotatable bonds is 2. The minimum atomic E-state index is -0.499. The molecule has 6 nitrogen and oxygen atoms in total. The second kappa shape index (κ2) is 4.48. The van der Waals surface area contributed by atoms with E-state index in [1.165, 1.54) is 10.9 Å². The van der Waals surface area contributed by atoms with E-state index in [9.17, 15) is 14.9 Å². The molecule has 90 valence electrons. The van der Waals surface area contributed by atoms with Gasteiger partial charge in [0.1, 0.15) is 11.9 Å². The van der Waals surface area contributed by atoms with Crippen LogP contribution in [0.25, 0.3) is 5.57 Å². The van der Waals surface area contributed by atoms with Crippen LogP contribution in [-0.2, 0) is 11.8 Å². The number of allylic oxidation sites excluding steroid dienone is 2. The Labute approximate surface area is 98.1 Å². The SMILES string of the molecule is Cn1ncc([N+](=O)[O-])c1C1=CCCCCC1=O. The monoisotopic (exact) mass is 235 g/mol.